The van der Waals surface area contributed by atoms with Gasteiger partial charge < -0.3 is 4.74 Å². The van der Waals surface area contributed by atoms with Gasteiger partial charge in [0.2, 0.25) is 5.28 Å². The lowest BCUT2D eigenvalue weighted by atomic mass is 10.2. The number of aromatic nitrogens is 3. The molecule has 0 bridgehead atoms. The van der Waals surface area contributed by atoms with E-state index in [1.54, 1.807) is 20.8 Å². The van der Waals surface area contributed by atoms with Crippen molar-refractivity contribution in [2.75, 3.05) is 0 Å². The molecule has 0 radical (unpaired) electrons. The highest BCUT2D eigenvalue weighted by molar-refractivity contribution is 6.28. The minimum absolute atomic E-state index is 0.00661. The van der Waals surface area contributed by atoms with Gasteiger partial charge in [0.15, 0.2) is 11.9 Å². The third kappa shape index (κ3) is 2.73. The number of rotatable bonds is 1. The number of carbonyl (C=O) groups is 2. The zero-order valence-electron chi connectivity index (χ0n) is 10.7. The van der Waals surface area contributed by atoms with Gasteiger partial charge >= 0.3 is 6.09 Å². The van der Waals surface area contributed by atoms with Crippen molar-refractivity contribution in [1.82, 2.24) is 14.5 Å². The number of hydrogen-bond acceptors (Lipinski definition) is 5. The van der Waals surface area contributed by atoms with Crippen LogP contribution in [0.2, 0.25) is 5.28 Å². The number of ether oxygens (including phenoxy) is 1. The summed E-state index contributed by atoms with van der Waals surface area (Å²) in [4.78, 5) is 30.9. The molecule has 0 unspecified atom stereocenters. The molecule has 0 atom stereocenters. The molecule has 0 aliphatic rings. The summed E-state index contributed by atoms with van der Waals surface area (Å²) in [5.74, 6) is 0. The van der Waals surface area contributed by atoms with E-state index in [4.69, 9.17) is 16.3 Å². The van der Waals surface area contributed by atoms with E-state index in [1.165, 1.54) is 12.3 Å². The summed E-state index contributed by atoms with van der Waals surface area (Å²) >= 11 is 5.70. The Morgan fingerprint density at radius 1 is 1.47 bits per heavy atom. The molecule has 0 amide bonds. The van der Waals surface area contributed by atoms with Gasteiger partial charge in [0.25, 0.3) is 0 Å². The Kier molecular flexibility index (Phi) is 3.28. The van der Waals surface area contributed by atoms with Gasteiger partial charge in [0, 0.05) is 11.6 Å². The van der Waals surface area contributed by atoms with Crippen LogP contribution in [0.5, 0.6) is 0 Å². The normalized spacial score (nSPS) is 11.6. The number of hydrogen-bond donors (Lipinski definition) is 0. The van der Waals surface area contributed by atoms with Crippen molar-refractivity contribution in [3.63, 3.8) is 0 Å². The van der Waals surface area contributed by atoms with E-state index in [9.17, 15) is 9.59 Å². The molecule has 0 N–H and O–H groups in total. The average Bonchev–Trinajstić information content (AvgIpc) is 2.64. The van der Waals surface area contributed by atoms with Gasteiger partial charge in [-0.25, -0.2) is 14.3 Å². The molecule has 0 fully saturated rings. The molecule has 2 heterocycles. The van der Waals surface area contributed by atoms with Crippen LogP contribution in [0.25, 0.3) is 11.0 Å². The second-order valence-electron chi connectivity index (χ2n) is 4.92. The maximum absolute atomic E-state index is 12.1. The van der Waals surface area contributed by atoms with Crippen molar-refractivity contribution >= 4 is 35.0 Å². The standard InChI is InChI=1S/C12H12ClN3O3/c1-12(2,3)19-11(18)16-8(6-17)4-7-5-14-10(13)15-9(7)16/h4-6H,1-3H3. The first-order valence-corrected chi connectivity index (χ1v) is 5.92. The Hall–Kier alpha value is -1.95. The fourth-order valence-corrected chi connectivity index (χ4v) is 1.70. The Balaban J connectivity index is 2.60. The number of nitrogens with zero attached hydrogens (tertiary/aromatic N) is 3. The maximum Gasteiger partial charge on any atom is 0.420 e. The van der Waals surface area contributed by atoms with Gasteiger partial charge in [-0.1, -0.05) is 0 Å². The monoisotopic (exact) mass is 281 g/mol. The highest BCUT2D eigenvalue weighted by Gasteiger charge is 2.22. The summed E-state index contributed by atoms with van der Waals surface area (Å²) in [5.41, 5.74) is -0.290. The number of aldehydes is 1. The van der Waals surface area contributed by atoms with E-state index in [1.807, 2.05) is 0 Å². The first-order valence-electron chi connectivity index (χ1n) is 5.54. The average molecular weight is 282 g/mol. The van der Waals surface area contributed by atoms with E-state index in [0.29, 0.717) is 11.7 Å². The van der Waals surface area contributed by atoms with Crippen molar-refractivity contribution in [3.05, 3.63) is 23.2 Å². The lowest BCUT2D eigenvalue weighted by molar-refractivity contribution is 0.0538. The number of halogens is 1. The summed E-state index contributed by atoms with van der Waals surface area (Å²) in [6, 6.07) is 1.50. The fourth-order valence-electron chi connectivity index (χ4n) is 1.57. The van der Waals surface area contributed by atoms with Crippen LogP contribution < -0.4 is 0 Å². The summed E-state index contributed by atoms with van der Waals surface area (Å²) in [7, 11) is 0. The SMILES string of the molecule is CC(C)(C)OC(=O)n1c(C=O)cc2cnc(Cl)nc21. The molecule has 0 saturated carbocycles. The predicted octanol–water partition coefficient (Wildman–Crippen LogP) is 2.68. The molecule has 2 rings (SSSR count). The Labute approximate surface area is 114 Å². The molecule has 2 aromatic heterocycles. The molecule has 0 saturated heterocycles. The topological polar surface area (TPSA) is 74.1 Å². The van der Waals surface area contributed by atoms with Crippen molar-refractivity contribution in [2.45, 2.75) is 26.4 Å². The minimum Gasteiger partial charge on any atom is -0.443 e. The van der Waals surface area contributed by atoms with Crippen LogP contribution in [-0.2, 0) is 4.74 Å². The highest BCUT2D eigenvalue weighted by Crippen LogP contribution is 2.20. The first-order chi connectivity index (χ1) is 8.81. The molecular formula is C12H12ClN3O3. The number of carbonyl (C=O) groups excluding carboxylic acids is 2. The Morgan fingerprint density at radius 2 is 2.16 bits per heavy atom. The summed E-state index contributed by atoms with van der Waals surface area (Å²) in [6.45, 7) is 5.21. The van der Waals surface area contributed by atoms with E-state index < -0.39 is 11.7 Å². The molecular weight excluding hydrogens is 270 g/mol. The summed E-state index contributed by atoms with van der Waals surface area (Å²) in [6.07, 6.45) is 1.32. The van der Waals surface area contributed by atoms with Crippen LogP contribution in [0.3, 0.4) is 0 Å². The summed E-state index contributed by atoms with van der Waals surface area (Å²) < 4.78 is 6.32. The molecule has 0 spiro atoms. The molecule has 0 aromatic carbocycles. The quantitative estimate of drug-likeness (QED) is 0.593. The van der Waals surface area contributed by atoms with E-state index in [2.05, 4.69) is 9.97 Å². The zero-order chi connectivity index (χ0) is 14.2. The van der Waals surface area contributed by atoms with Gasteiger partial charge in [-0.15, -0.1) is 0 Å². The van der Waals surface area contributed by atoms with Crippen LogP contribution >= 0.6 is 11.6 Å². The molecule has 0 aliphatic carbocycles. The fraction of sp³-hybridized carbons (Fsp3) is 0.333. The van der Waals surface area contributed by atoms with Gasteiger partial charge in [-0.3, -0.25) is 4.79 Å². The minimum atomic E-state index is -0.681. The second kappa shape index (κ2) is 4.62. The number of fused-ring (bicyclic) bond motifs is 1. The molecule has 100 valence electrons. The van der Waals surface area contributed by atoms with Crippen molar-refractivity contribution < 1.29 is 14.3 Å². The molecule has 6 nitrogen and oxygen atoms in total. The van der Waals surface area contributed by atoms with Crippen molar-refractivity contribution in [2.24, 2.45) is 0 Å². The van der Waals surface area contributed by atoms with E-state index in [-0.39, 0.29) is 16.6 Å². The van der Waals surface area contributed by atoms with Crippen molar-refractivity contribution in [3.8, 4) is 0 Å². The van der Waals surface area contributed by atoms with Crippen LogP contribution in [0.1, 0.15) is 31.3 Å². The smallest absolute Gasteiger partial charge is 0.420 e. The molecule has 19 heavy (non-hydrogen) atoms. The van der Waals surface area contributed by atoms with Crippen LogP contribution in [-0.4, -0.2) is 32.5 Å². The molecule has 2 aromatic rings. The third-order valence-corrected chi connectivity index (χ3v) is 2.42. The second-order valence-corrected chi connectivity index (χ2v) is 5.26. The first kappa shape index (κ1) is 13.5. The Morgan fingerprint density at radius 3 is 2.74 bits per heavy atom. The van der Waals surface area contributed by atoms with E-state index >= 15 is 0 Å². The van der Waals surface area contributed by atoms with Gasteiger partial charge in [0.1, 0.15) is 5.60 Å². The summed E-state index contributed by atoms with van der Waals surface area (Å²) in [5, 5.41) is 0.533. The van der Waals surface area contributed by atoms with Crippen LogP contribution in [0, 0.1) is 0 Å². The molecule has 0 aliphatic heterocycles. The molecule has 7 heteroatoms. The lowest BCUT2D eigenvalue weighted by Gasteiger charge is -2.20. The van der Waals surface area contributed by atoms with Gasteiger partial charge in [0.05, 0.1) is 5.69 Å². The van der Waals surface area contributed by atoms with Crippen LogP contribution in [0.15, 0.2) is 12.3 Å². The van der Waals surface area contributed by atoms with Gasteiger partial charge in [-0.2, -0.15) is 4.98 Å². The maximum atomic E-state index is 12.1. The zero-order valence-corrected chi connectivity index (χ0v) is 11.4. The van der Waals surface area contributed by atoms with Crippen LogP contribution in [0.4, 0.5) is 4.79 Å². The van der Waals surface area contributed by atoms with Crippen molar-refractivity contribution in [1.29, 1.82) is 0 Å². The Bertz CT molecular complexity index is 658. The van der Waals surface area contributed by atoms with E-state index in [0.717, 1.165) is 4.57 Å². The van der Waals surface area contributed by atoms with Gasteiger partial charge in [-0.05, 0) is 38.4 Å². The lowest BCUT2D eigenvalue weighted by Crippen LogP contribution is -2.28. The highest BCUT2D eigenvalue weighted by atomic mass is 35.5. The predicted molar refractivity (Wildman–Crippen MR) is 69.6 cm³/mol. The third-order valence-electron chi connectivity index (χ3n) is 2.24. The largest absolute Gasteiger partial charge is 0.443 e.